The van der Waals surface area contributed by atoms with E-state index < -0.39 is 6.10 Å². The second-order valence-electron chi connectivity index (χ2n) is 7.42. The van der Waals surface area contributed by atoms with Gasteiger partial charge in [-0.3, -0.25) is 0 Å². The third kappa shape index (κ3) is 8.44. The lowest BCUT2D eigenvalue weighted by Crippen LogP contribution is -2.46. The first-order chi connectivity index (χ1) is 9.57. The molecule has 0 saturated carbocycles. The van der Waals surface area contributed by atoms with Gasteiger partial charge < -0.3 is 15.2 Å². The molecule has 1 atom stereocenters. The molecule has 1 aromatic carbocycles. The van der Waals surface area contributed by atoms with Gasteiger partial charge in [0.15, 0.2) is 0 Å². The summed E-state index contributed by atoms with van der Waals surface area (Å²) in [6, 6.07) is 7.63. The normalized spacial score (nSPS) is 14.0. The lowest BCUT2D eigenvalue weighted by Gasteiger charge is -2.34. The van der Waals surface area contributed by atoms with Gasteiger partial charge in [0.1, 0.15) is 18.5 Å². The maximum atomic E-state index is 10.0. The third-order valence-corrected chi connectivity index (χ3v) is 3.52. The number of aliphatic hydroxyl groups excluding tert-OH is 1. The van der Waals surface area contributed by atoms with Gasteiger partial charge in [-0.2, -0.15) is 0 Å². The second kappa shape index (κ2) is 7.61. The minimum absolute atomic E-state index is 0.00496. The Labute approximate surface area is 137 Å². The zero-order valence-electron chi connectivity index (χ0n) is 13.7. The zero-order chi connectivity index (χ0) is 16.1. The summed E-state index contributed by atoms with van der Waals surface area (Å²) >= 11 is 3.40. The van der Waals surface area contributed by atoms with Crippen molar-refractivity contribution in [2.45, 2.75) is 52.7 Å². The number of nitrogens with one attached hydrogen (secondary N) is 1. The van der Waals surface area contributed by atoms with Gasteiger partial charge in [-0.15, -0.1) is 0 Å². The van der Waals surface area contributed by atoms with Crippen LogP contribution in [0.3, 0.4) is 0 Å². The highest BCUT2D eigenvalue weighted by Gasteiger charge is 2.25. The van der Waals surface area contributed by atoms with Crippen molar-refractivity contribution >= 4 is 15.9 Å². The van der Waals surface area contributed by atoms with Crippen LogP contribution in [0, 0.1) is 5.41 Å². The number of aliphatic hydroxyl groups is 1. The van der Waals surface area contributed by atoms with E-state index in [4.69, 9.17) is 4.74 Å². The first-order valence-electron chi connectivity index (χ1n) is 7.39. The Morgan fingerprint density at radius 1 is 1.24 bits per heavy atom. The smallest absolute Gasteiger partial charge is 0.120 e. The number of ether oxygens (including phenoxy) is 1. The molecule has 21 heavy (non-hydrogen) atoms. The van der Waals surface area contributed by atoms with E-state index in [1.54, 1.807) is 0 Å². The molecule has 3 nitrogen and oxygen atoms in total. The van der Waals surface area contributed by atoms with Gasteiger partial charge in [0.2, 0.25) is 0 Å². The van der Waals surface area contributed by atoms with E-state index in [0.717, 1.165) is 16.6 Å². The summed E-state index contributed by atoms with van der Waals surface area (Å²) in [6.07, 6.45) is 0.516. The molecule has 0 heterocycles. The third-order valence-electron chi connectivity index (χ3n) is 3.03. The van der Waals surface area contributed by atoms with Gasteiger partial charge in [-0.05, 0) is 43.9 Å². The van der Waals surface area contributed by atoms with Crippen molar-refractivity contribution < 1.29 is 9.84 Å². The summed E-state index contributed by atoms with van der Waals surface area (Å²) in [5.41, 5.74) is 0.253. The molecule has 2 N–H and O–H groups in total. The summed E-state index contributed by atoms with van der Waals surface area (Å²) in [5, 5.41) is 13.5. The minimum atomic E-state index is -0.525. The number of rotatable bonds is 7. The van der Waals surface area contributed by atoms with Crippen LogP contribution in [-0.2, 0) is 0 Å². The fraction of sp³-hybridized carbons (Fsp3) is 0.647. The molecular weight excluding hydrogens is 330 g/mol. The van der Waals surface area contributed by atoms with Crippen LogP contribution in [0.25, 0.3) is 0 Å². The quantitative estimate of drug-likeness (QED) is 0.774. The topological polar surface area (TPSA) is 41.5 Å². The predicted octanol–water partition coefficient (Wildman–Crippen LogP) is 3.99. The van der Waals surface area contributed by atoms with Gasteiger partial charge in [0, 0.05) is 16.6 Å². The number of β-amino-alcohol motifs (C(OH)–C–C–N with tert-alkyl or cyclic N) is 1. The number of hydrogen-bond acceptors (Lipinski definition) is 3. The largest absolute Gasteiger partial charge is 0.491 e. The molecule has 0 amide bonds. The Morgan fingerprint density at radius 2 is 1.90 bits per heavy atom. The molecule has 0 spiro atoms. The second-order valence-corrected chi connectivity index (χ2v) is 8.34. The lowest BCUT2D eigenvalue weighted by atomic mass is 9.82. The molecule has 4 heteroatoms. The molecule has 1 rings (SSSR count). The lowest BCUT2D eigenvalue weighted by molar-refractivity contribution is 0.0944. The molecule has 1 unspecified atom stereocenters. The van der Waals surface area contributed by atoms with Gasteiger partial charge >= 0.3 is 0 Å². The van der Waals surface area contributed by atoms with Crippen LogP contribution < -0.4 is 10.1 Å². The van der Waals surface area contributed by atoms with Crippen molar-refractivity contribution in [1.82, 2.24) is 5.32 Å². The standard InChI is InChI=1S/C17H28BrNO2/c1-16(2,3)12-17(4,5)19-10-14(20)11-21-15-8-6-7-13(18)9-15/h6-9,14,19-20H,10-12H2,1-5H3. The van der Waals surface area contributed by atoms with E-state index in [1.807, 2.05) is 24.3 Å². The maximum absolute atomic E-state index is 10.0. The number of benzene rings is 1. The summed E-state index contributed by atoms with van der Waals surface area (Å²) in [5.74, 6) is 0.761. The van der Waals surface area contributed by atoms with E-state index in [0.29, 0.717) is 6.54 Å². The molecule has 0 aliphatic carbocycles. The van der Waals surface area contributed by atoms with Gasteiger partial charge in [0.05, 0.1) is 0 Å². The first kappa shape index (κ1) is 18.5. The Morgan fingerprint density at radius 3 is 2.48 bits per heavy atom. The van der Waals surface area contributed by atoms with Crippen molar-refractivity contribution in [2.75, 3.05) is 13.2 Å². The number of hydrogen-bond donors (Lipinski definition) is 2. The molecule has 0 bridgehead atoms. The summed E-state index contributed by atoms with van der Waals surface area (Å²) in [7, 11) is 0. The van der Waals surface area contributed by atoms with Gasteiger partial charge in [0.25, 0.3) is 0 Å². The highest BCUT2D eigenvalue weighted by molar-refractivity contribution is 9.10. The molecule has 0 aromatic heterocycles. The Bertz CT molecular complexity index is 441. The van der Waals surface area contributed by atoms with Gasteiger partial charge in [-0.25, -0.2) is 0 Å². The average Bonchev–Trinajstić information content (AvgIpc) is 2.31. The van der Waals surface area contributed by atoms with Crippen molar-refractivity contribution in [3.05, 3.63) is 28.7 Å². The van der Waals surface area contributed by atoms with Gasteiger partial charge in [-0.1, -0.05) is 42.8 Å². The van der Waals surface area contributed by atoms with Crippen LogP contribution in [0.15, 0.2) is 28.7 Å². The zero-order valence-corrected chi connectivity index (χ0v) is 15.3. The van der Waals surface area contributed by atoms with Crippen molar-refractivity contribution in [2.24, 2.45) is 5.41 Å². The van der Waals surface area contributed by atoms with E-state index in [-0.39, 0.29) is 17.6 Å². The average molecular weight is 358 g/mol. The molecule has 0 fully saturated rings. The van der Waals surface area contributed by atoms with Crippen molar-refractivity contribution in [3.63, 3.8) is 0 Å². The van der Waals surface area contributed by atoms with E-state index in [9.17, 15) is 5.11 Å². The minimum Gasteiger partial charge on any atom is -0.491 e. The van der Waals surface area contributed by atoms with Crippen LogP contribution >= 0.6 is 15.9 Å². The van der Waals surface area contributed by atoms with Crippen LogP contribution in [0.2, 0.25) is 0 Å². The fourth-order valence-electron chi connectivity index (χ4n) is 2.59. The molecule has 0 saturated heterocycles. The number of halogens is 1. The van der Waals surface area contributed by atoms with Crippen LogP contribution in [0.1, 0.15) is 41.0 Å². The maximum Gasteiger partial charge on any atom is 0.120 e. The predicted molar refractivity (Wildman–Crippen MR) is 91.8 cm³/mol. The van der Waals surface area contributed by atoms with E-state index >= 15 is 0 Å². The molecule has 0 aliphatic rings. The Balaban J connectivity index is 2.35. The molecule has 0 aliphatic heterocycles. The van der Waals surface area contributed by atoms with Crippen LogP contribution in [0.5, 0.6) is 5.75 Å². The highest BCUT2D eigenvalue weighted by Crippen LogP contribution is 2.26. The summed E-state index contributed by atoms with van der Waals surface area (Å²) < 4.78 is 6.57. The molecule has 1 aromatic rings. The SMILES string of the molecule is CC(C)(C)CC(C)(C)NCC(O)COc1cccc(Br)c1. The Kier molecular flexibility index (Phi) is 6.70. The Hall–Kier alpha value is -0.580. The van der Waals surface area contributed by atoms with E-state index in [1.165, 1.54) is 0 Å². The summed E-state index contributed by atoms with van der Waals surface area (Å²) in [4.78, 5) is 0. The molecule has 0 radical (unpaired) electrons. The molecule has 120 valence electrons. The van der Waals surface area contributed by atoms with Crippen molar-refractivity contribution in [3.8, 4) is 5.75 Å². The van der Waals surface area contributed by atoms with Crippen LogP contribution in [0.4, 0.5) is 0 Å². The van der Waals surface area contributed by atoms with Crippen LogP contribution in [-0.4, -0.2) is 29.9 Å². The fourth-order valence-corrected chi connectivity index (χ4v) is 2.97. The monoisotopic (exact) mass is 357 g/mol. The first-order valence-corrected chi connectivity index (χ1v) is 8.18. The summed E-state index contributed by atoms with van der Waals surface area (Å²) in [6.45, 7) is 11.8. The van der Waals surface area contributed by atoms with Crippen molar-refractivity contribution in [1.29, 1.82) is 0 Å². The molecular formula is C17H28BrNO2. The van der Waals surface area contributed by atoms with E-state index in [2.05, 4.69) is 55.9 Å². The highest BCUT2D eigenvalue weighted by atomic mass is 79.9.